The Morgan fingerprint density at radius 2 is 0.574 bits per heavy atom. The number of thiophene rings is 4. The molecule has 0 aliphatic carbocycles. The summed E-state index contributed by atoms with van der Waals surface area (Å²) in [5, 5.41) is 22.5. The van der Waals surface area contributed by atoms with Crippen molar-refractivity contribution < 1.29 is 0 Å². The number of benzene rings is 18. The second-order valence-corrected chi connectivity index (χ2v) is 44.7. The van der Waals surface area contributed by atoms with Crippen LogP contribution in [-0.4, -0.2) is 35.2 Å². The van der Waals surface area contributed by atoms with E-state index in [2.05, 4.69) is 469 Å². The van der Waals surface area contributed by atoms with E-state index < -0.39 is 16.1 Å². The van der Waals surface area contributed by atoms with Gasteiger partial charge < -0.3 is 9.13 Å². The van der Waals surface area contributed by atoms with Gasteiger partial charge in [0.2, 0.25) is 0 Å². The zero-order valence-corrected chi connectivity index (χ0v) is 79.5. The molecule has 10 heteroatoms. The number of para-hydroxylation sites is 4. The molecular weight excluding hydrogens is 1670 g/mol. The van der Waals surface area contributed by atoms with Gasteiger partial charge in [0, 0.05) is 94.8 Å². The highest BCUT2D eigenvalue weighted by molar-refractivity contribution is 7.27. The summed E-state index contributed by atoms with van der Waals surface area (Å²) in [6.45, 7) is 15.0. The van der Waals surface area contributed by atoms with Gasteiger partial charge in [-0.2, -0.15) is 0 Å². The lowest BCUT2D eigenvalue weighted by atomic mass is 10.1. The van der Waals surface area contributed by atoms with Gasteiger partial charge in [-0.05, 0) is 179 Å². The quantitative estimate of drug-likeness (QED) is 0.112. The molecular formula is C119H102N4S4Si2. The first-order valence-electron chi connectivity index (χ1n) is 43.9. The maximum Gasteiger partial charge on any atom is 0.179 e. The van der Waals surface area contributed by atoms with Gasteiger partial charge in [-0.1, -0.05) is 393 Å². The van der Waals surface area contributed by atoms with Crippen LogP contribution in [0, 0.1) is 48.5 Å². The number of aromatic nitrogens is 4. The molecule has 0 N–H and O–H groups in total. The summed E-state index contributed by atoms with van der Waals surface area (Å²) in [5.74, 6) is 1.06. The molecule has 0 saturated carbocycles. The summed E-state index contributed by atoms with van der Waals surface area (Å²) in [6, 6.07) is 161. The van der Waals surface area contributed by atoms with Gasteiger partial charge in [0.1, 0.15) is 5.82 Å². The first-order valence-corrected chi connectivity index (χ1v) is 51.2. The van der Waals surface area contributed by atoms with Crippen LogP contribution in [0.2, 0.25) is 0 Å². The van der Waals surface area contributed by atoms with Crippen molar-refractivity contribution in [2.24, 2.45) is 14.1 Å². The molecule has 0 radical (unpaired) electrons. The molecule has 24 aromatic rings. The van der Waals surface area contributed by atoms with Crippen LogP contribution in [0.25, 0.3) is 103 Å². The Balaban J connectivity index is 0.000000106. The highest BCUT2D eigenvalue weighted by atomic mass is 32.1. The molecule has 4 nitrogen and oxygen atoms in total. The molecule has 0 aliphatic heterocycles. The molecule has 630 valence electrons. The minimum absolute atomic E-state index is 1.06. The first kappa shape index (κ1) is 87.3. The van der Waals surface area contributed by atoms with E-state index in [1.807, 2.05) is 114 Å². The number of fused-ring (bicyclic) bond motifs is 14. The van der Waals surface area contributed by atoms with Crippen molar-refractivity contribution in [2.45, 2.75) is 48.5 Å². The van der Waals surface area contributed by atoms with E-state index in [0.29, 0.717) is 0 Å². The minimum Gasteiger partial charge on any atom is -0.334 e. The van der Waals surface area contributed by atoms with Crippen LogP contribution >= 0.6 is 45.3 Å². The molecule has 0 spiro atoms. The Bertz CT molecular complexity index is 7630. The van der Waals surface area contributed by atoms with Crippen molar-refractivity contribution in [3.05, 3.63) is 494 Å². The molecule has 0 fully saturated rings. The molecule has 129 heavy (non-hydrogen) atoms. The van der Waals surface area contributed by atoms with Crippen LogP contribution in [-0.2, 0) is 14.1 Å². The topological polar surface area (TPSA) is 35.6 Å². The van der Waals surface area contributed by atoms with Crippen molar-refractivity contribution in [1.29, 1.82) is 0 Å². The SMILES string of the molecule is Cc1ccc([Si](c2ccccc2)(c2ccccc2)c2ccccc2)cc1.Cc1ccc2c(c1)sc1ccccc12.Cc1ccc2sc3ccccc3c2c1.Cc1cccc([Si](c2ccccc2)(c2ccccc2)c2ccccc2)c1.Cc1cccc2c1sc1ccccc12.Cc1cccc2sc3ccccc3c12.Cc1nc2ccccc2n1C.Cn1cnc2ccccc21. The first-order chi connectivity index (χ1) is 63.2. The highest BCUT2D eigenvalue weighted by Gasteiger charge is 2.42. The lowest BCUT2D eigenvalue weighted by molar-refractivity contribution is 0.886. The second kappa shape index (κ2) is 40.5. The number of nitrogens with zero attached hydrogens (tertiary/aromatic N) is 4. The Labute approximate surface area is 775 Å². The molecule has 0 aliphatic rings. The van der Waals surface area contributed by atoms with Crippen LogP contribution < -0.4 is 41.5 Å². The van der Waals surface area contributed by atoms with Crippen LogP contribution in [0.3, 0.4) is 0 Å². The summed E-state index contributed by atoms with van der Waals surface area (Å²) in [5.41, 5.74) is 12.5. The van der Waals surface area contributed by atoms with Gasteiger partial charge >= 0.3 is 0 Å². The van der Waals surface area contributed by atoms with Crippen molar-refractivity contribution in [3.63, 3.8) is 0 Å². The van der Waals surface area contributed by atoms with Crippen LogP contribution in [0.15, 0.2) is 455 Å². The lowest BCUT2D eigenvalue weighted by Crippen LogP contribution is -2.74. The Morgan fingerprint density at radius 3 is 1.11 bits per heavy atom. The Kier molecular flexibility index (Phi) is 27.4. The second-order valence-electron chi connectivity index (χ2n) is 32.8. The third kappa shape index (κ3) is 19.0. The summed E-state index contributed by atoms with van der Waals surface area (Å²) in [7, 11) is -0.626. The van der Waals surface area contributed by atoms with E-state index in [9.17, 15) is 0 Å². The standard InChI is InChI=1S/2C25H22Si.4C13H10S.C9H10N2.C8H8N2/c1-21-12-11-19-25(20-21)26(22-13-5-2-6-14-22,23-15-7-3-8-16-23)24-17-9-4-10-18-24;1-21-17-19-25(20-18-21)26(22-11-5-2-6-12-22,23-13-7-3-8-14-23)24-15-9-4-10-16-24;1-9-5-4-7-11-10-6-2-3-8-12(10)14-13(9)11;1-9-5-4-8-12-13(9)10-6-2-3-7-11(10)14-12;1-9-6-7-13-11(8-9)10-4-2-3-5-12(10)14-13;1-9-6-7-11-10-4-2-3-5-12(10)14-13(11)8-9;1-7-10-8-5-3-4-6-9(8)11(7)2;1-10-6-9-7-4-2-3-5-8(7)10/h2*2-20H,1H3;4*2-8H,1H3;3-6H,1-2H3;2-6H,1H3. The van der Waals surface area contributed by atoms with Crippen molar-refractivity contribution >= 4 is 206 Å². The van der Waals surface area contributed by atoms with Crippen molar-refractivity contribution in [3.8, 4) is 0 Å². The fourth-order valence-corrected chi connectivity index (χ4v) is 31.9. The average molecular weight is 1770 g/mol. The summed E-state index contributed by atoms with van der Waals surface area (Å²) in [4.78, 5) is 8.56. The van der Waals surface area contributed by atoms with Gasteiger partial charge in [0.15, 0.2) is 16.1 Å². The van der Waals surface area contributed by atoms with Crippen molar-refractivity contribution in [1.82, 2.24) is 19.1 Å². The largest absolute Gasteiger partial charge is 0.334 e. The zero-order valence-electron chi connectivity index (χ0n) is 74.2. The number of hydrogen-bond acceptors (Lipinski definition) is 6. The van der Waals surface area contributed by atoms with E-state index in [1.165, 1.54) is 167 Å². The molecule has 6 aromatic heterocycles. The highest BCUT2D eigenvalue weighted by Crippen LogP contribution is 2.39. The normalized spacial score (nSPS) is 11.1. The number of hydrogen-bond donors (Lipinski definition) is 0. The maximum absolute atomic E-state index is 4.38. The molecule has 0 amide bonds. The minimum atomic E-state index is -2.33. The summed E-state index contributed by atoms with van der Waals surface area (Å²) in [6.07, 6.45) is 1.82. The van der Waals surface area contributed by atoms with Crippen LogP contribution in [0.5, 0.6) is 0 Å². The Hall–Kier alpha value is -13.8. The van der Waals surface area contributed by atoms with E-state index in [4.69, 9.17) is 0 Å². The fourth-order valence-electron chi connectivity index (χ4n) is 17.7. The predicted molar refractivity (Wildman–Crippen MR) is 572 cm³/mol. The van der Waals surface area contributed by atoms with Crippen molar-refractivity contribution in [2.75, 3.05) is 0 Å². The van der Waals surface area contributed by atoms with Gasteiger partial charge in [0.25, 0.3) is 0 Å². The molecule has 0 saturated heterocycles. The average Bonchev–Trinajstić information content (AvgIpc) is 1.63. The van der Waals surface area contributed by atoms with Gasteiger partial charge in [0.05, 0.1) is 28.4 Å². The summed E-state index contributed by atoms with van der Waals surface area (Å²) < 4.78 is 15.2. The van der Waals surface area contributed by atoms with E-state index in [1.54, 1.807) is 0 Å². The van der Waals surface area contributed by atoms with Gasteiger partial charge in [-0.3, -0.25) is 0 Å². The molecule has 6 heterocycles. The van der Waals surface area contributed by atoms with E-state index in [-0.39, 0.29) is 0 Å². The molecule has 18 aromatic carbocycles. The number of imidazole rings is 2. The smallest absolute Gasteiger partial charge is 0.179 e. The number of aryl methyl sites for hydroxylation is 9. The maximum atomic E-state index is 4.38. The third-order valence-corrected chi connectivity index (χ3v) is 38.4. The van der Waals surface area contributed by atoms with Gasteiger partial charge in [-0.15, -0.1) is 45.3 Å². The van der Waals surface area contributed by atoms with Crippen LogP contribution in [0.1, 0.15) is 39.2 Å². The lowest BCUT2D eigenvalue weighted by Gasteiger charge is -2.34. The fraction of sp³-hybridized carbons (Fsp3) is 0.0756. The summed E-state index contributed by atoms with van der Waals surface area (Å²) >= 11 is 7.51. The third-order valence-electron chi connectivity index (χ3n) is 24.1. The predicted octanol–water partition coefficient (Wildman–Crippen LogP) is 27.7. The number of rotatable bonds is 8. The van der Waals surface area contributed by atoms with E-state index >= 15 is 0 Å². The Morgan fingerprint density at radius 1 is 0.225 bits per heavy atom. The van der Waals surface area contributed by atoms with Gasteiger partial charge in [-0.25, -0.2) is 9.97 Å². The van der Waals surface area contributed by atoms with E-state index in [0.717, 1.165) is 16.9 Å². The molecule has 0 unspecified atom stereocenters. The zero-order chi connectivity index (χ0) is 88.6. The molecule has 0 atom stereocenters. The molecule has 24 rings (SSSR count). The monoisotopic (exact) mass is 1770 g/mol. The molecule has 0 bridgehead atoms. The van der Waals surface area contributed by atoms with Crippen LogP contribution in [0.4, 0.5) is 0 Å².